The van der Waals surface area contributed by atoms with E-state index < -0.39 is 0 Å². The van der Waals surface area contributed by atoms with Crippen LogP contribution in [0.3, 0.4) is 0 Å². The van der Waals surface area contributed by atoms with E-state index in [9.17, 15) is 9.59 Å². The summed E-state index contributed by atoms with van der Waals surface area (Å²) in [6, 6.07) is 7.80. The van der Waals surface area contributed by atoms with E-state index in [-0.39, 0.29) is 11.7 Å². The molecule has 1 N–H and O–H groups in total. The Labute approximate surface area is 147 Å². The first kappa shape index (κ1) is 17.7. The average molecular weight is 345 g/mol. The molecule has 1 atom stereocenters. The summed E-state index contributed by atoms with van der Waals surface area (Å²) in [5.41, 5.74) is 1.38. The van der Waals surface area contributed by atoms with Crippen LogP contribution in [0.15, 0.2) is 33.5 Å². The standard InChI is InChI=1S/C19H27N3O3/c1-2-15(21-11-5-6-12-21)14-20-18(23)10-7-13-22-16-8-3-4-9-17(16)25-19(22)24/h3-4,8-9,15H,2,5-7,10-14H2,1H3,(H,20,23). The Morgan fingerprint density at radius 3 is 2.80 bits per heavy atom. The molecule has 1 aromatic carbocycles. The smallest absolute Gasteiger partial charge is 0.408 e. The zero-order chi connectivity index (χ0) is 17.6. The normalized spacial score (nSPS) is 16.4. The number of hydrogen-bond donors (Lipinski definition) is 1. The van der Waals surface area contributed by atoms with Gasteiger partial charge in [-0.2, -0.15) is 0 Å². The lowest BCUT2D eigenvalue weighted by atomic mass is 10.2. The van der Waals surface area contributed by atoms with Gasteiger partial charge in [0.15, 0.2) is 5.58 Å². The maximum Gasteiger partial charge on any atom is 0.419 e. The SMILES string of the molecule is CCC(CNC(=O)CCCn1c(=O)oc2ccccc21)N1CCCC1. The van der Waals surface area contributed by atoms with E-state index >= 15 is 0 Å². The third-order valence-electron chi connectivity index (χ3n) is 5.02. The van der Waals surface area contributed by atoms with Crippen LogP contribution >= 0.6 is 0 Å². The number of hydrogen-bond acceptors (Lipinski definition) is 4. The fraction of sp³-hybridized carbons (Fsp3) is 0.579. The first-order chi connectivity index (χ1) is 12.2. The number of nitrogens with one attached hydrogen (secondary N) is 1. The van der Waals surface area contributed by atoms with Gasteiger partial charge < -0.3 is 9.73 Å². The second-order valence-corrected chi connectivity index (χ2v) is 6.70. The highest BCUT2D eigenvalue weighted by atomic mass is 16.4. The number of amides is 1. The molecular weight excluding hydrogens is 318 g/mol. The molecular formula is C19H27N3O3. The number of nitrogens with zero attached hydrogens (tertiary/aromatic N) is 2. The molecule has 6 nitrogen and oxygen atoms in total. The maximum absolute atomic E-state index is 12.1. The number of rotatable bonds is 8. The molecule has 0 saturated carbocycles. The second kappa shape index (κ2) is 8.34. The molecule has 136 valence electrons. The van der Waals surface area contributed by atoms with Crippen LogP contribution < -0.4 is 11.1 Å². The Bertz CT molecular complexity index is 759. The number of carbonyl (C=O) groups is 1. The van der Waals surface area contributed by atoms with Crippen molar-refractivity contribution in [1.29, 1.82) is 0 Å². The van der Waals surface area contributed by atoms with Crippen LogP contribution in [0, 0.1) is 0 Å². The molecule has 1 aromatic heterocycles. The Morgan fingerprint density at radius 1 is 1.28 bits per heavy atom. The maximum atomic E-state index is 12.1. The van der Waals surface area contributed by atoms with E-state index in [0.717, 1.165) is 25.0 Å². The Kier molecular flexibility index (Phi) is 5.91. The molecule has 1 aliphatic rings. The van der Waals surface area contributed by atoms with E-state index in [1.54, 1.807) is 10.6 Å². The van der Waals surface area contributed by atoms with Gasteiger partial charge in [0, 0.05) is 25.6 Å². The zero-order valence-corrected chi connectivity index (χ0v) is 14.9. The summed E-state index contributed by atoms with van der Waals surface area (Å²) in [4.78, 5) is 26.5. The lowest BCUT2D eigenvalue weighted by Crippen LogP contribution is -2.42. The summed E-state index contributed by atoms with van der Waals surface area (Å²) in [6.07, 6.45) is 4.62. The number of benzene rings is 1. The van der Waals surface area contributed by atoms with Crippen molar-refractivity contribution in [3.05, 3.63) is 34.8 Å². The molecule has 0 spiro atoms. The Balaban J connectivity index is 1.46. The minimum absolute atomic E-state index is 0.0542. The molecule has 6 heteroatoms. The van der Waals surface area contributed by atoms with E-state index in [1.807, 2.05) is 18.2 Å². The topological polar surface area (TPSA) is 67.5 Å². The molecule has 1 unspecified atom stereocenters. The van der Waals surface area contributed by atoms with Crippen molar-refractivity contribution < 1.29 is 9.21 Å². The molecule has 1 saturated heterocycles. The lowest BCUT2D eigenvalue weighted by molar-refractivity contribution is -0.121. The van der Waals surface area contributed by atoms with Crippen LogP contribution in [0.1, 0.15) is 39.0 Å². The highest BCUT2D eigenvalue weighted by molar-refractivity contribution is 5.76. The predicted molar refractivity (Wildman–Crippen MR) is 97.6 cm³/mol. The highest BCUT2D eigenvalue weighted by Gasteiger charge is 2.20. The number of oxazole rings is 1. The van der Waals surface area contributed by atoms with Gasteiger partial charge in [-0.3, -0.25) is 14.3 Å². The van der Waals surface area contributed by atoms with Gasteiger partial charge >= 0.3 is 5.76 Å². The molecule has 25 heavy (non-hydrogen) atoms. The molecule has 0 radical (unpaired) electrons. The van der Waals surface area contributed by atoms with Crippen molar-refractivity contribution in [3.63, 3.8) is 0 Å². The average Bonchev–Trinajstić information content (AvgIpc) is 3.24. The highest BCUT2D eigenvalue weighted by Crippen LogP contribution is 2.14. The van der Waals surface area contributed by atoms with Gasteiger partial charge in [-0.1, -0.05) is 19.1 Å². The first-order valence-corrected chi connectivity index (χ1v) is 9.28. The van der Waals surface area contributed by atoms with E-state index in [0.29, 0.717) is 37.6 Å². The Hall–Kier alpha value is -2.08. The second-order valence-electron chi connectivity index (χ2n) is 6.70. The van der Waals surface area contributed by atoms with Crippen LogP contribution in [0.25, 0.3) is 11.1 Å². The van der Waals surface area contributed by atoms with Gasteiger partial charge in [0.25, 0.3) is 0 Å². The van der Waals surface area contributed by atoms with Gasteiger partial charge in [0.05, 0.1) is 5.52 Å². The summed E-state index contributed by atoms with van der Waals surface area (Å²) in [5.74, 6) is -0.305. The number of likely N-dealkylation sites (tertiary alicyclic amines) is 1. The largest absolute Gasteiger partial charge is 0.419 e. The fourth-order valence-corrected chi connectivity index (χ4v) is 3.58. The molecule has 0 bridgehead atoms. The summed E-state index contributed by atoms with van der Waals surface area (Å²) in [7, 11) is 0. The zero-order valence-electron chi connectivity index (χ0n) is 14.9. The Morgan fingerprint density at radius 2 is 2.04 bits per heavy atom. The van der Waals surface area contributed by atoms with Gasteiger partial charge in [-0.25, -0.2) is 4.79 Å². The first-order valence-electron chi connectivity index (χ1n) is 9.28. The van der Waals surface area contributed by atoms with E-state index in [1.165, 1.54) is 12.8 Å². The fourth-order valence-electron chi connectivity index (χ4n) is 3.58. The number of para-hydroxylation sites is 2. The van der Waals surface area contributed by atoms with Crippen LogP contribution in [0.5, 0.6) is 0 Å². The van der Waals surface area contributed by atoms with Crippen molar-refractivity contribution >= 4 is 17.0 Å². The van der Waals surface area contributed by atoms with Crippen LogP contribution in [-0.4, -0.2) is 41.1 Å². The van der Waals surface area contributed by atoms with Gasteiger partial charge in [0.1, 0.15) is 0 Å². The molecule has 1 amide bonds. The monoisotopic (exact) mass is 345 g/mol. The van der Waals surface area contributed by atoms with Gasteiger partial charge in [-0.15, -0.1) is 0 Å². The number of aryl methyl sites for hydroxylation is 1. The van der Waals surface area contributed by atoms with E-state index in [4.69, 9.17) is 4.42 Å². The quantitative estimate of drug-likeness (QED) is 0.797. The third kappa shape index (κ3) is 4.31. The molecule has 3 rings (SSSR count). The number of fused-ring (bicyclic) bond motifs is 1. The molecule has 2 heterocycles. The molecule has 0 aliphatic carbocycles. The van der Waals surface area contributed by atoms with Crippen molar-refractivity contribution in [2.45, 2.75) is 51.6 Å². The summed E-state index contributed by atoms with van der Waals surface area (Å²) < 4.78 is 6.81. The van der Waals surface area contributed by atoms with Gasteiger partial charge in [0.2, 0.25) is 5.91 Å². The van der Waals surface area contributed by atoms with Crippen molar-refractivity contribution in [1.82, 2.24) is 14.8 Å². The van der Waals surface area contributed by atoms with Crippen LogP contribution in [0.2, 0.25) is 0 Å². The minimum Gasteiger partial charge on any atom is -0.408 e. The summed E-state index contributed by atoms with van der Waals surface area (Å²) in [6.45, 7) is 5.66. The third-order valence-corrected chi connectivity index (χ3v) is 5.02. The lowest BCUT2D eigenvalue weighted by Gasteiger charge is -2.26. The van der Waals surface area contributed by atoms with Crippen molar-refractivity contribution in [2.24, 2.45) is 0 Å². The predicted octanol–water partition coefficient (Wildman–Crippen LogP) is 2.37. The van der Waals surface area contributed by atoms with E-state index in [2.05, 4.69) is 17.1 Å². The van der Waals surface area contributed by atoms with Crippen LogP contribution in [-0.2, 0) is 11.3 Å². The number of carbonyl (C=O) groups excluding carboxylic acids is 1. The van der Waals surface area contributed by atoms with Crippen molar-refractivity contribution in [2.75, 3.05) is 19.6 Å². The van der Waals surface area contributed by atoms with Gasteiger partial charge in [-0.05, 0) is 50.9 Å². The minimum atomic E-state index is -0.360. The molecule has 2 aromatic rings. The number of aromatic nitrogens is 1. The van der Waals surface area contributed by atoms with Crippen molar-refractivity contribution in [3.8, 4) is 0 Å². The summed E-state index contributed by atoms with van der Waals surface area (Å²) in [5, 5.41) is 3.05. The summed E-state index contributed by atoms with van der Waals surface area (Å²) >= 11 is 0. The molecule has 1 aliphatic heterocycles. The molecule has 1 fully saturated rings. The van der Waals surface area contributed by atoms with Crippen LogP contribution in [0.4, 0.5) is 0 Å².